The summed E-state index contributed by atoms with van der Waals surface area (Å²) in [5, 5.41) is 8.90. The van der Waals surface area contributed by atoms with Gasteiger partial charge in [-0.05, 0) is 49.1 Å². The molecule has 1 aromatic carbocycles. The third kappa shape index (κ3) is 3.76. The molecule has 0 saturated carbocycles. The molecule has 1 atom stereocenters. The maximum atomic E-state index is 13.2. The molecular weight excluding hydrogens is 285 g/mol. The first-order chi connectivity index (χ1) is 8.17. The fourth-order valence-corrected chi connectivity index (χ4v) is 2.95. The lowest BCUT2D eigenvalue weighted by Gasteiger charge is -2.16. The third-order valence-electron chi connectivity index (χ3n) is 3.24. The lowest BCUT2D eigenvalue weighted by molar-refractivity contribution is 0.249. The number of rotatable bonds is 4. The molecule has 0 unspecified atom stereocenters. The first kappa shape index (κ1) is 13.0. The molecule has 0 bridgehead atoms. The quantitative estimate of drug-likeness (QED) is 0.924. The summed E-state index contributed by atoms with van der Waals surface area (Å²) >= 11 is 3.31. The third-order valence-corrected chi connectivity index (χ3v) is 3.69. The van der Waals surface area contributed by atoms with Crippen LogP contribution in [-0.4, -0.2) is 29.7 Å². The Morgan fingerprint density at radius 2 is 2.24 bits per heavy atom. The van der Waals surface area contributed by atoms with Crippen LogP contribution in [0.4, 0.5) is 4.39 Å². The van der Waals surface area contributed by atoms with Gasteiger partial charge in [-0.25, -0.2) is 4.39 Å². The molecule has 1 aromatic rings. The Morgan fingerprint density at radius 3 is 2.94 bits per heavy atom. The summed E-state index contributed by atoms with van der Waals surface area (Å²) in [4.78, 5) is 2.32. The second-order valence-electron chi connectivity index (χ2n) is 4.68. The van der Waals surface area contributed by atoms with Crippen LogP contribution in [0.25, 0.3) is 0 Å². The highest BCUT2D eigenvalue weighted by atomic mass is 79.9. The molecule has 1 fully saturated rings. The number of halogens is 2. The molecule has 1 saturated heterocycles. The Bertz CT molecular complexity index is 365. The number of aliphatic hydroxyl groups excluding tert-OH is 1. The fourth-order valence-electron chi connectivity index (χ4n) is 2.44. The summed E-state index contributed by atoms with van der Waals surface area (Å²) in [6, 6.07) is 5.02. The second kappa shape index (κ2) is 5.94. The molecule has 1 heterocycles. The molecule has 17 heavy (non-hydrogen) atoms. The highest BCUT2D eigenvalue weighted by Gasteiger charge is 2.21. The van der Waals surface area contributed by atoms with Crippen molar-refractivity contribution in [1.29, 1.82) is 0 Å². The molecular formula is C13H17BrFNO. The molecule has 4 heteroatoms. The summed E-state index contributed by atoms with van der Waals surface area (Å²) in [5.41, 5.74) is 1.00. The Kier molecular flexibility index (Phi) is 4.54. The van der Waals surface area contributed by atoms with Crippen molar-refractivity contribution in [2.75, 3.05) is 19.7 Å². The summed E-state index contributed by atoms with van der Waals surface area (Å²) < 4.78 is 14.0. The topological polar surface area (TPSA) is 23.5 Å². The monoisotopic (exact) mass is 301 g/mol. The van der Waals surface area contributed by atoms with Crippen LogP contribution in [0.1, 0.15) is 18.4 Å². The van der Waals surface area contributed by atoms with Gasteiger partial charge in [0.1, 0.15) is 5.82 Å². The van der Waals surface area contributed by atoms with Gasteiger partial charge in [-0.15, -0.1) is 0 Å². The van der Waals surface area contributed by atoms with E-state index in [0.29, 0.717) is 5.92 Å². The molecule has 0 aromatic heterocycles. The molecule has 0 radical (unpaired) electrons. The standard InChI is InChI=1S/C13H17BrFNO/c14-12-5-11(6-13(15)7-12)9-16-3-1-10(8-16)2-4-17/h5-7,10,17H,1-4,8-9H2/t10-/m1/s1. The van der Waals surface area contributed by atoms with Gasteiger partial charge in [0.25, 0.3) is 0 Å². The first-order valence-corrected chi connectivity index (χ1v) is 6.75. The Labute approximate surface area is 110 Å². The van der Waals surface area contributed by atoms with Crippen molar-refractivity contribution < 1.29 is 9.50 Å². The lowest BCUT2D eigenvalue weighted by Crippen LogP contribution is -2.20. The van der Waals surface area contributed by atoms with Crippen LogP contribution in [0, 0.1) is 11.7 Å². The van der Waals surface area contributed by atoms with Crippen LogP contribution in [0.5, 0.6) is 0 Å². The Balaban J connectivity index is 1.93. The smallest absolute Gasteiger partial charge is 0.124 e. The van der Waals surface area contributed by atoms with Crippen LogP contribution in [0.2, 0.25) is 0 Å². The van der Waals surface area contributed by atoms with Crippen molar-refractivity contribution in [3.63, 3.8) is 0 Å². The van der Waals surface area contributed by atoms with E-state index >= 15 is 0 Å². The lowest BCUT2D eigenvalue weighted by atomic mass is 10.1. The zero-order chi connectivity index (χ0) is 12.3. The normalized spacial score (nSPS) is 21.0. The number of nitrogens with zero attached hydrogens (tertiary/aromatic N) is 1. The summed E-state index contributed by atoms with van der Waals surface area (Å²) in [6.07, 6.45) is 2.01. The van der Waals surface area contributed by atoms with Crippen molar-refractivity contribution in [3.05, 3.63) is 34.1 Å². The van der Waals surface area contributed by atoms with Gasteiger partial charge in [-0.2, -0.15) is 0 Å². The molecule has 2 rings (SSSR count). The summed E-state index contributed by atoms with van der Waals surface area (Å²) in [5.74, 6) is 0.400. The number of aliphatic hydroxyl groups is 1. The van der Waals surface area contributed by atoms with Gasteiger partial charge in [0.2, 0.25) is 0 Å². The highest BCUT2D eigenvalue weighted by molar-refractivity contribution is 9.10. The average Bonchev–Trinajstić information content (AvgIpc) is 2.64. The van der Waals surface area contributed by atoms with Crippen molar-refractivity contribution in [2.24, 2.45) is 5.92 Å². The largest absolute Gasteiger partial charge is 0.396 e. The number of likely N-dealkylation sites (tertiary alicyclic amines) is 1. The minimum Gasteiger partial charge on any atom is -0.396 e. The fraction of sp³-hybridized carbons (Fsp3) is 0.538. The number of hydrogen-bond donors (Lipinski definition) is 1. The highest BCUT2D eigenvalue weighted by Crippen LogP contribution is 2.22. The van der Waals surface area contributed by atoms with Gasteiger partial charge >= 0.3 is 0 Å². The van der Waals surface area contributed by atoms with Crippen molar-refractivity contribution in [2.45, 2.75) is 19.4 Å². The molecule has 0 amide bonds. The van der Waals surface area contributed by atoms with E-state index in [0.717, 1.165) is 42.5 Å². The van der Waals surface area contributed by atoms with E-state index in [2.05, 4.69) is 20.8 Å². The van der Waals surface area contributed by atoms with Crippen LogP contribution < -0.4 is 0 Å². The summed E-state index contributed by atoms with van der Waals surface area (Å²) in [6.45, 7) is 3.11. The van der Waals surface area contributed by atoms with Crippen LogP contribution in [-0.2, 0) is 6.54 Å². The van der Waals surface area contributed by atoms with Gasteiger partial charge in [-0.1, -0.05) is 15.9 Å². The Hall–Kier alpha value is -0.450. The molecule has 2 nitrogen and oxygen atoms in total. The van der Waals surface area contributed by atoms with Gasteiger partial charge < -0.3 is 5.11 Å². The molecule has 0 aliphatic carbocycles. The van der Waals surface area contributed by atoms with Crippen LogP contribution in [0.15, 0.2) is 22.7 Å². The van der Waals surface area contributed by atoms with Gasteiger partial charge in [0.05, 0.1) is 0 Å². The van der Waals surface area contributed by atoms with E-state index in [1.54, 1.807) is 6.07 Å². The van der Waals surface area contributed by atoms with Gasteiger partial charge in [0.15, 0.2) is 0 Å². The van der Waals surface area contributed by atoms with E-state index in [1.165, 1.54) is 6.07 Å². The molecule has 0 spiro atoms. The van der Waals surface area contributed by atoms with Gasteiger partial charge in [-0.3, -0.25) is 4.90 Å². The maximum Gasteiger partial charge on any atom is 0.124 e. The number of hydrogen-bond acceptors (Lipinski definition) is 2. The van der Waals surface area contributed by atoms with Crippen molar-refractivity contribution >= 4 is 15.9 Å². The molecule has 1 N–H and O–H groups in total. The van der Waals surface area contributed by atoms with E-state index < -0.39 is 0 Å². The predicted molar refractivity (Wildman–Crippen MR) is 69.2 cm³/mol. The average molecular weight is 302 g/mol. The zero-order valence-electron chi connectivity index (χ0n) is 9.70. The predicted octanol–water partition coefficient (Wildman–Crippen LogP) is 2.79. The van der Waals surface area contributed by atoms with Gasteiger partial charge in [0, 0.05) is 24.2 Å². The Morgan fingerprint density at radius 1 is 1.41 bits per heavy atom. The van der Waals surface area contributed by atoms with E-state index in [9.17, 15) is 4.39 Å². The van der Waals surface area contributed by atoms with E-state index in [1.807, 2.05) is 6.07 Å². The molecule has 1 aliphatic heterocycles. The molecule has 1 aliphatic rings. The first-order valence-electron chi connectivity index (χ1n) is 5.95. The van der Waals surface area contributed by atoms with Crippen molar-refractivity contribution in [1.82, 2.24) is 4.90 Å². The van der Waals surface area contributed by atoms with Crippen molar-refractivity contribution in [3.8, 4) is 0 Å². The molecule has 94 valence electrons. The van der Waals surface area contributed by atoms with E-state index in [-0.39, 0.29) is 12.4 Å². The second-order valence-corrected chi connectivity index (χ2v) is 5.60. The van der Waals surface area contributed by atoms with E-state index in [4.69, 9.17) is 5.11 Å². The SMILES string of the molecule is OCC[C@H]1CCN(Cc2cc(F)cc(Br)c2)C1. The minimum absolute atomic E-state index is 0.194. The van der Waals surface area contributed by atoms with Crippen LogP contribution in [0.3, 0.4) is 0 Å². The number of benzene rings is 1. The minimum atomic E-state index is -0.194. The zero-order valence-corrected chi connectivity index (χ0v) is 11.3. The maximum absolute atomic E-state index is 13.2. The summed E-state index contributed by atoms with van der Waals surface area (Å²) in [7, 11) is 0. The van der Waals surface area contributed by atoms with Crippen LogP contribution >= 0.6 is 15.9 Å².